The molecule has 0 radical (unpaired) electrons. The highest BCUT2D eigenvalue weighted by Crippen LogP contribution is 2.17. The van der Waals surface area contributed by atoms with Crippen LogP contribution in [0.25, 0.3) is 0 Å². The van der Waals surface area contributed by atoms with Crippen molar-refractivity contribution in [3.63, 3.8) is 0 Å². The fourth-order valence-electron chi connectivity index (χ4n) is 1.17. The molecule has 1 rings (SSSR count). The van der Waals surface area contributed by atoms with Crippen LogP contribution in [-0.2, 0) is 6.54 Å². The molecule has 74 valence electrons. The first kappa shape index (κ1) is 10.9. The number of thioether (sulfide) groups is 1. The van der Waals surface area contributed by atoms with E-state index in [1.807, 2.05) is 11.8 Å². The van der Waals surface area contributed by atoms with Crippen molar-refractivity contribution in [2.24, 2.45) is 0 Å². The highest BCUT2D eigenvalue weighted by Gasteiger charge is 1.97. The van der Waals surface area contributed by atoms with E-state index in [1.54, 1.807) is 11.9 Å². The van der Waals surface area contributed by atoms with E-state index in [1.165, 1.54) is 10.5 Å². The maximum atomic E-state index is 8.61. The zero-order valence-corrected chi connectivity index (χ0v) is 9.34. The normalized spacial score (nSPS) is 9.50. The Morgan fingerprint density at radius 3 is 2.50 bits per heavy atom. The molecule has 1 aromatic rings. The lowest BCUT2D eigenvalue weighted by Crippen LogP contribution is -2.09. The summed E-state index contributed by atoms with van der Waals surface area (Å²) in [5.74, 6) is 1.09. The van der Waals surface area contributed by atoms with Crippen LogP contribution in [0.2, 0.25) is 0 Å². The summed E-state index contributed by atoms with van der Waals surface area (Å²) < 4.78 is 0. The fourth-order valence-corrected chi connectivity index (χ4v) is 1.83. The Morgan fingerprint density at radius 1 is 1.36 bits per heavy atom. The third-order valence-corrected chi connectivity index (χ3v) is 2.72. The van der Waals surface area contributed by atoms with Gasteiger partial charge in [0.15, 0.2) is 6.19 Å². The van der Waals surface area contributed by atoms with E-state index in [9.17, 15) is 0 Å². The topological polar surface area (TPSA) is 27.0 Å². The summed E-state index contributed by atoms with van der Waals surface area (Å²) in [6, 6.07) is 8.36. The van der Waals surface area contributed by atoms with Crippen LogP contribution in [0, 0.1) is 11.5 Å². The maximum Gasteiger partial charge on any atom is 0.179 e. The Hall–Kier alpha value is -1.14. The summed E-state index contributed by atoms with van der Waals surface area (Å²) in [5.41, 5.74) is 1.18. The van der Waals surface area contributed by atoms with Crippen LogP contribution in [-0.4, -0.2) is 17.7 Å². The van der Waals surface area contributed by atoms with Crippen molar-refractivity contribution < 1.29 is 0 Å². The summed E-state index contributed by atoms with van der Waals surface area (Å²) in [7, 11) is 1.79. The molecule has 0 N–H and O–H groups in total. The van der Waals surface area contributed by atoms with Crippen LogP contribution in [0.5, 0.6) is 0 Å². The lowest BCUT2D eigenvalue weighted by molar-refractivity contribution is 0.469. The van der Waals surface area contributed by atoms with Crippen molar-refractivity contribution in [1.29, 1.82) is 5.26 Å². The summed E-state index contributed by atoms with van der Waals surface area (Å²) in [6.07, 6.45) is 2.08. The zero-order valence-electron chi connectivity index (χ0n) is 8.53. The lowest BCUT2D eigenvalue weighted by Gasteiger charge is -2.08. The number of rotatable bonds is 4. The van der Waals surface area contributed by atoms with E-state index in [0.29, 0.717) is 6.54 Å². The number of nitriles is 1. The molecule has 0 saturated carbocycles. The largest absolute Gasteiger partial charge is 0.309 e. The van der Waals surface area contributed by atoms with Gasteiger partial charge in [0.25, 0.3) is 0 Å². The molecule has 0 saturated heterocycles. The number of hydrogen-bond donors (Lipinski definition) is 0. The predicted octanol–water partition coefficient (Wildman–Crippen LogP) is 2.71. The van der Waals surface area contributed by atoms with Gasteiger partial charge in [0.1, 0.15) is 0 Å². The average Bonchev–Trinajstić information content (AvgIpc) is 2.21. The van der Waals surface area contributed by atoms with Crippen molar-refractivity contribution in [3.05, 3.63) is 29.8 Å². The van der Waals surface area contributed by atoms with E-state index >= 15 is 0 Å². The third kappa shape index (κ3) is 3.31. The quantitative estimate of drug-likeness (QED) is 0.430. The summed E-state index contributed by atoms with van der Waals surface area (Å²) in [6.45, 7) is 2.83. The summed E-state index contributed by atoms with van der Waals surface area (Å²) in [5, 5.41) is 8.61. The SMILES string of the molecule is CCSc1ccc(CN(C)C#N)cc1. The highest BCUT2D eigenvalue weighted by molar-refractivity contribution is 7.99. The molecule has 0 aliphatic carbocycles. The van der Waals surface area contributed by atoms with E-state index in [0.717, 1.165) is 5.75 Å². The van der Waals surface area contributed by atoms with Gasteiger partial charge in [-0.25, -0.2) is 0 Å². The minimum absolute atomic E-state index is 0.688. The van der Waals surface area contributed by atoms with Gasteiger partial charge < -0.3 is 4.90 Å². The minimum Gasteiger partial charge on any atom is -0.309 e. The van der Waals surface area contributed by atoms with E-state index in [-0.39, 0.29) is 0 Å². The van der Waals surface area contributed by atoms with Gasteiger partial charge in [0, 0.05) is 11.9 Å². The Balaban J connectivity index is 2.60. The van der Waals surface area contributed by atoms with Crippen LogP contribution in [0.4, 0.5) is 0 Å². The molecule has 3 heteroatoms. The summed E-state index contributed by atoms with van der Waals surface area (Å²) >= 11 is 1.83. The fraction of sp³-hybridized carbons (Fsp3) is 0.364. The number of benzene rings is 1. The molecule has 0 unspecified atom stereocenters. The molecule has 0 bridgehead atoms. The Kier molecular flexibility index (Phi) is 4.34. The van der Waals surface area contributed by atoms with Crippen molar-refractivity contribution >= 4 is 11.8 Å². The van der Waals surface area contributed by atoms with Crippen molar-refractivity contribution in [2.45, 2.75) is 18.4 Å². The molecule has 2 nitrogen and oxygen atoms in total. The van der Waals surface area contributed by atoms with Crippen molar-refractivity contribution in [3.8, 4) is 6.19 Å². The van der Waals surface area contributed by atoms with Gasteiger partial charge in [-0.15, -0.1) is 11.8 Å². The number of hydrogen-bond acceptors (Lipinski definition) is 3. The Bertz CT molecular complexity index is 313. The van der Waals surface area contributed by atoms with Crippen LogP contribution in [0.15, 0.2) is 29.2 Å². The van der Waals surface area contributed by atoms with Gasteiger partial charge in [0.05, 0.1) is 6.54 Å². The van der Waals surface area contributed by atoms with Gasteiger partial charge in [-0.05, 0) is 23.4 Å². The second-order valence-corrected chi connectivity index (χ2v) is 4.37. The maximum absolute atomic E-state index is 8.61. The van der Waals surface area contributed by atoms with Crippen molar-refractivity contribution in [2.75, 3.05) is 12.8 Å². The lowest BCUT2D eigenvalue weighted by atomic mass is 10.2. The second kappa shape index (κ2) is 5.56. The first-order valence-corrected chi connectivity index (χ1v) is 5.57. The van der Waals surface area contributed by atoms with Crippen LogP contribution < -0.4 is 0 Å². The smallest absolute Gasteiger partial charge is 0.179 e. The van der Waals surface area contributed by atoms with E-state index < -0.39 is 0 Å². The van der Waals surface area contributed by atoms with E-state index in [2.05, 4.69) is 37.4 Å². The van der Waals surface area contributed by atoms with Crippen molar-refractivity contribution in [1.82, 2.24) is 4.90 Å². The monoisotopic (exact) mass is 206 g/mol. The molecule has 0 heterocycles. The molecule has 0 amide bonds. The molecular weight excluding hydrogens is 192 g/mol. The molecule has 0 aliphatic rings. The first-order valence-electron chi connectivity index (χ1n) is 4.59. The molecule has 0 aliphatic heterocycles. The molecule has 1 aromatic carbocycles. The van der Waals surface area contributed by atoms with Gasteiger partial charge in [0.2, 0.25) is 0 Å². The minimum atomic E-state index is 0.688. The van der Waals surface area contributed by atoms with Gasteiger partial charge in [-0.1, -0.05) is 19.1 Å². The predicted molar refractivity (Wildman–Crippen MR) is 59.9 cm³/mol. The number of nitrogens with zero attached hydrogens (tertiary/aromatic N) is 2. The van der Waals surface area contributed by atoms with E-state index in [4.69, 9.17) is 5.26 Å². The third-order valence-electron chi connectivity index (χ3n) is 1.82. The Morgan fingerprint density at radius 2 is 2.00 bits per heavy atom. The Labute approximate surface area is 89.5 Å². The van der Waals surface area contributed by atoms with Gasteiger partial charge in [-0.3, -0.25) is 0 Å². The molecule has 0 atom stereocenters. The zero-order chi connectivity index (χ0) is 10.4. The van der Waals surface area contributed by atoms with Crippen LogP contribution >= 0.6 is 11.8 Å². The van der Waals surface area contributed by atoms with Crippen LogP contribution in [0.1, 0.15) is 12.5 Å². The average molecular weight is 206 g/mol. The molecule has 0 spiro atoms. The van der Waals surface area contributed by atoms with Gasteiger partial charge >= 0.3 is 0 Å². The highest BCUT2D eigenvalue weighted by atomic mass is 32.2. The molecular formula is C11H14N2S. The molecule has 14 heavy (non-hydrogen) atoms. The standard InChI is InChI=1S/C11H14N2S/c1-3-14-11-6-4-10(5-7-11)8-13(2)9-12/h4-7H,3,8H2,1-2H3. The second-order valence-electron chi connectivity index (χ2n) is 3.03. The molecule has 0 aromatic heterocycles. The molecule has 0 fully saturated rings. The summed E-state index contributed by atoms with van der Waals surface area (Å²) in [4.78, 5) is 2.90. The van der Waals surface area contributed by atoms with Gasteiger partial charge in [-0.2, -0.15) is 5.26 Å². The van der Waals surface area contributed by atoms with Crippen LogP contribution in [0.3, 0.4) is 0 Å². The first-order chi connectivity index (χ1) is 6.76.